The van der Waals surface area contributed by atoms with Gasteiger partial charge in [-0.05, 0) is 24.6 Å². The van der Waals surface area contributed by atoms with Gasteiger partial charge in [0.2, 0.25) is 0 Å². The standard InChI is InChI=1S/C12H13N3O2S/c1-9-4-2-3-5-11(9)15-18(16,17)10-6-7-14-12(13)8-10/h2-8,15H,1H3,(H2,13,14). The van der Waals surface area contributed by atoms with E-state index < -0.39 is 10.0 Å². The fourth-order valence-electron chi connectivity index (χ4n) is 1.49. The summed E-state index contributed by atoms with van der Waals surface area (Å²) in [6.07, 6.45) is 1.36. The number of aromatic nitrogens is 1. The van der Waals surface area contributed by atoms with Crippen LogP contribution in [0.4, 0.5) is 11.5 Å². The molecule has 18 heavy (non-hydrogen) atoms. The van der Waals surface area contributed by atoms with Crippen molar-refractivity contribution in [1.82, 2.24) is 4.98 Å². The molecule has 5 nitrogen and oxygen atoms in total. The summed E-state index contributed by atoms with van der Waals surface area (Å²) in [5.74, 6) is 0.169. The number of anilines is 2. The molecule has 1 aromatic heterocycles. The zero-order chi connectivity index (χ0) is 13.2. The van der Waals surface area contributed by atoms with E-state index in [0.717, 1.165) is 5.56 Å². The first-order valence-corrected chi connectivity index (χ1v) is 6.77. The largest absolute Gasteiger partial charge is 0.384 e. The fraction of sp³-hybridized carbons (Fsp3) is 0.0833. The van der Waals surface area contributed by atoms with Crippen molar-refractivity contribution in [3.05, 3.63) is 48.2 Å². The average Bonchev–Trinajstić information content (AvgIpc) is 2.32. The van der Waals surface area contributed by atoms with Crippen molar-refractivity contribution in [1.29, 1.82) is 0 Å². The number of benzene rings is 1. The number of nitrogens with zero attached hydrogens (tertiary/aromatic N) is 1. The van der Waals surface area contributed by atoms with Crippen LogP contribution in [-0.2, 0) is 10.0 Å². The van der Waals surface area contributed by atoms with Crippen molar-refractivity contribution >= 4 is 21.5 Å². The summed E-state index contributed by atoms with van der Waals surface area (Å²) in [5, 5.41) is 0. The van der Waals surface area contributed by atoms with Crippen LogP contribution in [0.2, 0.25) is 0 Å². The summed E-state index contributed by atoms with van der Waals surface area (Å²) in [6.45, 7) is 1.83. The number of nitrogens with one attached hydrogen (secondary N) is 1. The van der Waals surface area contributed by atoms with E-state index in [1.807, 2.05) is 19.1 Å². The van der Waals surface area contributed by atoms with Crippen LogP contribution in [0, 0.1) is 6.92 Å². The highest BCUT2D eigenvalue weighted by Gasteiger charge is 2.15. The Balaban J connectivity index is 2.37. The van der Waals surface area contributed by atoms with Crippen molar-refractivity contribution in [3.63, 3.8) is 0 Å². The summed E-state index contributed by atoms with van der Waals surface area (Å²) >= 11 is 0. The number of nitrogen functional groups attached to an aromatic ring is 1. The third-order valence-electron chi connectivity index (χ3n) is 2.45. The molecule has 1 aromatic carbocycles. The Morgan fingerprint density at radius 3 is 2.61 bits per heavy atom. The van der Waals surface area contributed by atoms with E-state index in [-0.39, 0.29) is 10.7 Å². The maximum absolute atomic E-state index is 12.1. The van der Waals surface area contributed by atoms with Crippen LogP contribution in [-0.4, -0.2) is 13.4 Å². The normalized spacial score (nSPS) is 11.2. The van der Waals surface area contributed by atoms with Gasteiger partial charge in [0.15, 0.2) is 0 Å². The van der Waals surface area contributed by atoms with Gasteiger partial charge >= 0.3 is 0 Å². The molecule has 0 spiro atoms. The van der Waals surface area contributed by atoms with E-state index in [4.69, 9.17) is 5.73 Å². The monoisotopic (exact) mass is 263 g/mol. The molecule has 0 aliphatic heterocycles. The van der Waals surface area contributed by atoms with E-state index in [1.165, 1.54) is 18.3 Å². The fourth-order valence-corrected chi connectivity index (χ4v) is 2.64. The molecule has 0 aliphatic carbocycles. The van der Waals surface area contributed by atoms with E-state index in [1.54, 1.807) is 12.1 Å². The number of hydrogen-bond donors (Lipinski definition) is 2. The lowest BCUT2D eigenvalue weighted by molar-refractivity contribution is 0.601. The van der Waals surface area contributed by atoms with Gasteiger partial charge in [0.25, 0.3) is 10.0 Å². The van der Waals surface area contributed by atoms with Crippen molar-refractivity contribution in [2.75, 3.05) is 10.5 Å². The molecular weight excluding hydrogens is 250 g/mol. The highest BCUT2D eigenvalue weighted by Crippen LogP contribution is 2.19. The first kappa shape index (κ1) is 12.4. The Labute approximate surface area is 106 Å². The zero-order valence-corrected chi connectivity index (χ0v) is 10.6. The van der Waals surface area contributed by atoms with Gasteiger partial charge in [-0.3, -0.25) is 4.72 Å². The molecule has 0 saturated carbocycles. The third-order valence-corrected chi connectivity index (χ3v) is 3.82. The predicted molar refractivity (Wildman–Crippen MR) is 70.6 cm³/mol. The van der Waals surface area contributed by atoms with Crippen LogP contribution < -0.4 is 10.5 Å². The molecule has 0 aliphatic rings. The van der Waals surface area contributed by atoms with Gasteiger partial charge < -0.3 is 5.73 Å². The Kier molecular flexibility index (Phi) is 3.20. The molecule has 0 bridgehead atoms. The molecule has 2 rings (SSSR count). The minimum Gasteiger partial charge on any atom is -0.384 e. The molecule has 6 heteroatoms. The van der Waals surface area contributed by atoms with Crippen LogP contribution in [0.25, 0.3) is 0 Å². The Hall–Kier alpha value is -2.08. The second-order valence-electron chi connectivity index (χ2n) is 3.84. The maximum atomic E-state index is 12.1. The van der Waals surface area contributed by atoms with Gasteiger partial charge in [-0.25, -0.2) is 13.4 Å². The van der Waals surface area contributed by atoms with Gasteiger partial charge in [-0.1, -0.05) is 18.2 Å². The van der Waals surface area contributed by atoms with Crippen molar-refractivity contribution in [2.45, 2.75) is 11.8 Å². The van der Waals surface area contributed by atoms with E-state index in [9.17, 15) is 8.42 Å². The maximum Gasteiger partial charge on any atom is 0.262 e. The zero-order valence-electron chi connectivity index (χ0n) is 9.79. The summed E-state index contributed by atoms with van der Waals surface area (Å²) in [4.78, 5) is 3.86. The summed E-state index contributed by atoms with van der Waals surface area (Å²) < 4.78 is 26.7. The van der Waals surface area contributed by atoms with E-state index >= 15 is 0 Å². The van der Waals surface area contributed by atoms with Gasteiger partial charge in [-0.15, -0.1) is 0 Å². The first-order chi connectivity index (χ1) is 8.49. The highest BCUT2D eigenvalue weighted by atomic mass is 32.2. The first-order valence-electron chi connectivity index (χ1n) is 5.29. The molecule has 0 atom stereocenters. The predicted octanol–water partition coefficient (Wildman–Crippen LogP) is 1.77. The molecule has 0 radical (unpaired) electrons. The lowest BCUT2D eigenvalue weighted by Crippen LogP contribution is -2.14. The van der Waals surface area contributed by atoms with Crippen LogP contribution in [0.3, 0.4) is 0 Å². The van der Waals surface area contributed by atoms with E-state index in [2.05, 4.69) is 9.71 Å². The molecule has 0 unspecified atom stereocenters. The van der Waals surface area contributed by atoms with Crippen LogP contribution in [0.1, 0.15) is 5.56 Å². The Morgan fingerprint density at radius 2 is 1.94 bits per heavy atom. The molecule has 0 saturated heterocycles. The lowest BCUT2D eigenvalue weighted by atomic mass is 10.2. The Bertz CT molecular complexity index is 669. The summed E-state index contributed by atoms with van der Waals surface area (Å²) in [6, 6.07) is 9.87. The number of para-hydroxylation sites is 1. The molecule has 0 amide bonds. The minimum atomic E-state index is -3.63. The van der Waals surface area contributed by atoms with Gasteiger partial charge in [0.05, 0.1) is 10.6 Å². The number of nitrogens with two attached hydrogens (primary N) is 1. The molecule has 2 aromatic rings. The smallest absolute Gasteiger partial charge is 0.262 e. The highest BCUT2D eigenvalue weighted by molar-refractivity contribution is 7.92. The molecule has 1 heterocycles. The molecule has 0 fully saturated rings. The second kappa shape index (κ2) is 4.66. The molecular formula is C12H13N3O2S. The molecule has 94 valence electrons. The molecule has 3 N–H and O–H groups in total. The van der Waals surface area contributed by atoms with Gasteiger partial charge in [0, 0.05) is 12.3 Å². The summed E-state index contributed by atoms with van der Waals surface area (Å²) in [7, 11) is -3.63. The van der Waals surface area contributed by atoms with Crippen LogP contribution in [0.15, 0.2) is 47.5 Å². The number of sulfonamides is 1. The second-order valence-corrected chi connectivity index (χ2v) is 5.52. The number of aryl methyl sites for hydroxylation is 1. The average molecular weight is 263 g/mol. The van der Waals surface area contributed by atoms with E-state index in [0.29, 0.717) is 5.69 Å². The van der Waals surface area contributed by atoms with Gasteiger partial charge in [0.1, 0.15) is 5.82 Å². The van der Waals surface area contributed by atoms with Crippen molar-refractivity contribution < 1.29 is 8.42 Å². The quantitative estimate of drug-likeness (QED) is 0.883. The third kappa shape index (κ3) is 2.60. The van der Waals surface area contributed by atoms with Crippen molar-refractivity contribution in [3.8, 4) is 0 Å². The van der Waals surface area contributed by atoms with Gasteiger partial charge in [-0.2, -0.15) is 0 Å². The number of pyridine rings is 1. The number of hydrogen-bond acceptors (Lipinski definition) is 4. The summed E-state index contributed by atoms with van der Waals surface area (Å²) in [5.41, 5.74) is 6.87. The Morgan fingerprint density at radius 1 is 1.22 bits per heavy atom. The van der Waals surface area contributed by atoms with Crippen LogP contribution in [0.5, 0.6) is 0 Å². The topological polar surface area (TPSA) is 85.1 Å². The minimum absolute atomic E-state index is 0.0956. The number of rotatable bonds is 3. The van der Waals surface area contributed by atoms with Crippen molar-refractivity contribution in [2.24, 2.45) is 0 Å². The SMILES string of the molecule is Cc1ccccc1NS(=O)(=O)c1ccnc(N)c1. The van der Waals surface area contributed by atoms with Crippen LogP contribution >= 0.6 is 0 Å². The lowest BCUT2D eigenvalue weighted by Gasteiger charge is -2.10.